The smallest absolute Gasteiger partial charge is 0.279 e. The van der Waals surface area contributed by atoms with E-state index >= 15 is 0 Å². The average molecular weight is 391 g/mol. The molecule has 1 aliphatic rings. The highest BCUT2D eigenvalue weighted by molar-refractivity contribution is 7.10. The van der Waals surface area contributed by atoms with E-state index in [1.165, 1.54) is 21.4 Å². The Balaban J connectivity index is 1.54. The zero-order chi connectivity index (χ0) is 18.1. The minimum absolute atomic E-state index is 0.0108. The van der Waals surface area contributed by atoms with Crippen molar-refractivity contribution >= 4 is 34.3 Å². The molecule has 26 heavy (non-hydrogen) atoms. The fourth-order valence-electron chi connectivity index (χ4n) is 3.44. The molecule has 7 heteroatoms. The summed E-state index contributed by atoms with van der Waals surface area (Å²) < 4.78 is 26.8. The van der Waals surface area contributed by atoms with Crippen molar-refractivity contribution in [3.8, 4) is 0 Å². The number of fused-ring (bicyclic) bond motifs is 1. The number of amides is 1. The molecule has 3 aromatic rings. The molecule has 134 valence electrons. The highest BCUT2D eigenvalue weighted by atomic mass is 32.1. The van der Waals surface area contributed by atoms with Gasteiger partial charge in [-0.25, -0.2) is 8.78 Å². The lowest BCUT2D eigenvalue weighted by Gasteiger charge is -2.31. The van der Waals surface area contributed by atoms with Crippen LogP contribution in [0.25, 0.3) is 0 Å². The SMILES string of the molecule is O=C(C[NH+]1CCc2sccc2[C@H]1c1cccs1)Nc1ccc(F)cc1F. The van der Waals surface area contributed by atoms with Gasteiger partial charge in [-0.1, -0.05) is 6.07 Å². The highest BCUT2D eigenvalue weighted by Crippen LogP contribution is 2.31. The van der Waals surface area contributed by atoms with Crippen molar-refractivity contribution in [2.24, 2.45) is 0 Å². The van der Waals surface area contributed by atoms with Crippen LogP contribution >= 0.6 is 22.7 Å². The Kier molecular flexibility index (Phi) is 4.84. The van der Waals surface area contributed by atoms with E-state index in [0.717, 1.165) is 30.0 Å². The molecule has 1 aromatic carbocycles. The number of benzene rings is 1. The molecule has 3 nitrogen and oxygen atoms in total. The first kappa shape index (κ1) is 17.3. The van der Waals surface area contributed by atoms with Crippen LogP contribution in [0.3, 0.4) is 0 Å². The predicted molar refractivity (Wildman–Crippen MR) is 99.9 cm³/mol. The second kappa shape index (κ2) is 7.26. The summed E-state index contributed by atoms with van der Waals surface area (Å²) in [6, 6.07) is 9.54. The monoisotopic (exact) mass is 391 g/mol. The summed E-state index contributed by atoms with van der Waals surface area (Å²) in [6.45, 7) is 1.07. The van der Waals surface area contributed by atoms with Crippen LogP contribution in [0.15, 0.2) is 47.2 Å². The van der Waals surface area contributed by atoms with E-state index < -0.39 is 11.6 Å². The lowest BCUT2D eigenvalue weighted by Crippen LogP contribution is -3.14. The van der Waals surface area contributed by atoms with E-state index in [4.69, 9.17) is 0 Å². The van der Waals surface area contributed by atoms with Crippen LogP contribution < -0.4 is 10.2 Å². The van der Waals surface area contributed by atoms with Crippen LogP contribution in [0.4, 0.5) is 14.5 Å². The molecule has 0 saturated carbocycles. The minimum Gasteiger partial charge on any atom is -0.319 e. The molecule has 0 radical (unpaired) electrons. The zero-order valence-corrected chi connectivity index (χ0v) is 15.4. The Bertz CT molecular complexity index is 924. The van der Waals surface area contributed by atoms with Gasteiger partial charge in [0.2, 0.25) is 0 Å². The molecule has 2 aromatic heterocycles. The lowest BCUT2D eigenvalue weighted by molar-refractivity contribution is -0.919. The third-order valence-corrected chi connectivity index (χ3v) is 6.53. The summed E-state index contributed by atoms with van der Waals surface area (Å²) in [5.41, 5.74) is 1.29. The molecule has 0 bridgehead atoms. The maximum Gasteiger partial charge on any atom is 0.279 e. The molecular weight excluding hydrogens is 374 g/mol. The van der Waals surface area contributed by atoms with Crippen LogP contribution in [0.2, 0.25) is 0 Å². The molecule has 1 amide bonds. The molecule has 3 heterocycles. The quantitative estimate of drug-likeness (QED) is 0.703. The van der Waals surface area contributed by atoms with Gasteiger partial charge in [0, 0.05) is 22.9 Å². The lowest BCUT2D eigenvalue weighted by atomic mass is 9.98. The van der Waals surface area contributed by atoms with Crippen molar-refractivity contribution in [1.82, 2.24) is 0 Å². The number of halogens is 2. The Morgan fingerprint density at radius 3 is 2.85 bits per heavy atom. The predicted octanol–water partition coefficient (Wildman–Crippen LogP) is 3.26. The van der Waals surface area contributed by atoms with E-state index in [-0.39, 0.29) is 24.2 Å². The van der Waals surface area contributed by atoms with Gasteiger partial charge in [0.25, 0.3) is 5.91 Å². The number of thiophene rings is 2. The summed E-state index contributed by atoms with van der Waals surface area (Å²) in [6.07, 6.45) is 0.933. The molecule has 0 aliphatic carbocycles. The van der Waals surface area contributed by atoms with Gasteiger partial charge in [-0.05, 0) is 35.0 Å². The Morgan fingerprint density at radius 1 is 1.19 bits per heavy atom. The van der Waals surface area contributed by atoms with Crippen LogP contribution in [-0.4, -0.2) is 19.0 Å². The third-order valence-electron chi connectivity index (χ3n) is 4.59. The maximum atomic E-state index is 13.8. The van der Waals surface area contributed by atoms with Gasteiger partial charge in [-0.2, -0.15) is 0 Å². The second-order valence-electron chi connectivity index (χ2n) is 6.25. The molecule has 0 saturated heterocycles. The first-order valence-electron chi connectivity index (χ1n) is 8.31. The number of hydrogen-bond donors (Lipinski definition) is 2. The normalized spacial score (nSPS) is 19.2. The molecular formula is C19H17F2N2OS2+. The maximum absolute atomic E-state index is 13.8. The van der Waals surface area contributed by atoms with Gasteiger partial charge in [0.15, 0.2) is 6.54 Å². The largest absolute Gasteiger partial charge is 0.319 e. The molecule has 1 unspecified atom stereocenters. The number of nitrogens with one attached hydrogen (secondary N) is 2. The number of rotatable bonds is 4. The number of quaternary nitrogens is 1. The van der Waals surface area contributed by atoms with E-state index in [2.05, 4.69) is 22.8 Å². The van der Waals surface area contributed by atoms with E-state index in [1.54, 1.807) is 22.7 Å². The van der Waals surface area contributed by atoms with E-state index in [9.17, 15) is 13.6 Å². The van der Waals surface area contributed by atoms with E-state index in [1.807, 2.05) is 11.4 Å². The molecule has 2 N–H and O–H groups in total. The zero-order valence-electron chi connectivity index (χ0n) is 13.8. The van der Waals surface area contributed by atoms with Crippen LogP contribution in [0.5, 0.6) is 0 Å². The van der Waals surface area contributed by atoms with Crippen LogP contribution in [0, 0.1) is 11.6 Å². The first-order valence-corrected chi connectivity index (χ1v) is 10.1. The summed E-state index contributed by atoms with van der Waals surface area (Å²) in [5.74, 6) is -1.70. The second-order valence-corrected chi connectivity index (χ2v) is 8.23. The fourth-order valence-corrected chi connectivity index (χ4v) is 5.26. The molecule has 1 aliphatic heterocycles. The highest BCUT2D eigenvalue weighted by Gasteiger charge is 2.35. The van der Waals surface area contributed by atoms with Crippen molar-refractivity contribution < 1.29 is 18.5 Å². The van der Waals surface area contributed by atoms with Gasteiger partial charge >= 0.3 is 0 Å². The molecule has 0 spiro atoms. The average Bonchev–Trinajstić information content (AvgIpc) is 3.28. The van der Waals surface area contributed by atoms with Crippen LogP contribution in [-0.2, 0) is 11.2 Å². The Labute approximate surface area is 157 Å². The summed E-state index contributed by atoms with van der Waals surface area (Å²) in [4.78, 5) is 16.2. The first-order chi connectivity index (χ1) is 12.6. The van der Waals surface area contributed by atoms with Crippen molar-refractivity contribution in [3.05, 3.63) is 74.1 Å². The number of anilines is 1. The van der Waals surface area contributed by atoms with Gasteiger partial charge in [-0.3, -0.25) is 4.79 Å². The summed E-state index contributed by atoms with van der Waals surface area (Å²) in [7, 11) is 0. The van der Waals surface area contributed by atoms with Crippen LogP contribution in [0.1, 0.15) is 21.4 Å². The topological polar surface area (TPSA) is 33.5 Å². The Morgan fingerprint density at radius 2 is 2.08 bits per heavy atom. The van der Waals surface area contributed by atoms with Crippen molar-refractivity contribution in [2.75, 3.05) is 18.4 Å². The van der Waals surface area contributed by atoms with E-state index in [0.29, 0.717) is 0 Å². The van der Waals surface area contributed by atoms with Crippen molar-refractivity contribution in [2.45, 2.75) is 12.5 Å². The summed E-state index contributed by atoms with van der Waals surface area (Å²) >= 11 is 3.44. The molecule has 4 rings (SSSR count). The van der Waals surface area contributed by atoms with Gasteiger partial charge in [-0.15, -0.1) is 22.7 Å². The minimum atomic E-state index is -0.762. The van der Waals surface area contributed by atoms with Gasteiger partial charge < -0.3 is 10.2 Å². The van der Waals surface area contributed by atoms with Gasteiger partial charge in [0.05, 0.1) is 17.1 Å². The summed E-state index contributed by atoms with van der Waals surface area (Å²) in [5, 5.41) is 6.72. The standard InChI is InChI=1S/C19H16F2N2OS2/c20-12-3-4-15(14(21)10-12)22-18(24)11-23-7-5-16-13(6-9-26-16)19(23)17-2-1-8-25-17/h1-4,6,8-10,19H,5,7,11H2,(H,22,24)/p+1/t19-/m0/s1. The fraction of sp³-hybridized carbons (Fsp3) is 0.211. The number of hydrogen-bond acceptors (Lipinski definition) is 3. The van der Waals surface area contributed by atoms with Crippen molar-refractivity contribution in [3.63, 3.8) is 0 Å². The third kappa shape index (κ3) is 3.42. The molecule has 0 fully saturated rings. The number of carbonyl (C=O) groups is 1. The van der Waals surface area contributed by atoms with Gasteiger partial charge in [0.1, 0.15) is 17.7 Å². The Hall–Kier alpha value is -2.09. The molecule has 2 atom stereocenters. The number of carbonyl (C=O) groups excluding carboxylic acids is 1. The van der Waals surface area contributed by atoms with Crippen molar-refractivity contribution in [1.29, 1.82) is 0 Å².